The van der Waals surface area contributed by atoms with Crippen molar-refractivity contribution in [2.24, 2.45) is 0 Å². The Hall–Kier alpha value is -6.39. The van der Waals surface area contributed by atoms with E-state index in [1.54, 1.807) is 0 Å². The smallest absolute Gasteiger partial charge is 0.164 e. The third-order valence-electron chi connectivity index (χ3n) is 9.29. The van der Waals surface area contributed by atoms with Crippen molar-refractivity contribution in [2.45, 2.75) is 0 Å². The van der Waals surface area contributed by atoms with E-state index in [-0.39, 0.29) is 0 Å². The van der Waals surface area contributed by atoms with Crippen LogP contribution in [-0.2, 0) is 0 Å². The summed E-state index contributed by atoms with van der Waals surface area (Å²) in [6.45, 7) is 0. The molecule has 0 atom stereocenters. The van der Waals surface area contributed by atoms with E-state index >= 15 is 0 Å². The highest BCUT2D eigenvalue weighted by atomic mass is 16.3. The molecule has 0 saturated heterocycles. The fourth-order valence-electron chi connectivity index (χ4n) is 7.09. The fourth-order valence-corrected chi connectivity index (χ4v) is 7.09. The van der Waals surface area contributed by atoms with Crippen LogP contribution in [0.4, 0.5) is 0 Å². The second-order valence-corrected chi connectivity index (χ2v) is 12.0. The molecule has 9 aromatic rings. The lowest BCUT2D eigenvalue weighted by atomic mass is 9.97. The van der Waals surface area contributed by atoms with Gasteiger partial charge in [0, 0.05) is 27.5 Å². The minimum absolute atomic E-state index is 0.613. The third-order valence-corrected chi connectivity index (χ3v) is 9.29. The van der Waals surface area contributed by atoms with Crippen LogP contribution in [0.3, 0.4) is 0 Å². The monoisotopic (exact) mass is 599 g/mol. The van der Waals surface area contributed by atoms with Crippen LogP contribution in [0.1, 0.15) is 0 Å². The van der Waals surface area contributed by atoms with Crippen molar-refractivity contribution in [3.05, 3.63) is 152 Å². The van der Waals surface area contributed by atoms with Crippen LogP contribution < -0.4 is 0 Å². The minimum atomic E-state index is 0.613. The molecule has 1 aliphatic carbocycles. The molecule has 4 heteroatoms. The maximum Gasteiger partial charge on any atom is 0.164 e. The molecule has 0 spiro atoms. The van der Waals surface area contributed by atoms with Crippen LogP contribution in [-0.4, -0.2) is 15.0 Å². The molecule has 0 fully saturated rings. The predicted octanol–water partition coefficient (Wildman–Crippen LogP) is 11.2. The lowest BCUT2D eigenvalue weighted by Gasteiger charge is -2.10. The average Bonchev–Trinajstić information content (AvgIpc) is 3.69. The van der Waals surface area contributed by atoms with E-state index in [4.69, 9.17) is 19.4 Å². The third kappa shape index (κ3) is 4.05. The van der Waals surface area contributed by atoms with E-state index in [1.165, 1.54) is 38.6 Å². The van der Waals surface area contributed by atoms with E-state index in [1.807, 2.05) is 60.7 Å². The van der Waals surface area contributed by atoms with Crippen LogP contribution in [0.15, 0.2) is 156 Å². The number of hydrogen-bond acceptors (Lipinski definition) is 4. The Balaban J connectivity index is 1.09. The second-order valence-electron chi connectivity index (χ2n) is 12.0. The van der Waals surface area contributed by atoms with E-state index in [0.717, 1.165) is 44.2 Å². The highest BCUT2D eigenvalue weighted by Gasteiger charge is 2.22. The van der Waals surface area contributed by atoms with Gasteiger partial charge in [0.15, 0.2) is 17.5 Å². The molecule has 0 amide bonds. The standard InChI is InChI=1S/C43H25N3O/c1-2-9-28(10-3-1)41-44-42(46-43(45-41)35-16-8-18-38-40(35)34-13-4-5-17-37(34)47-38)29-21-19-26(20-22-29)30-23-24-31-32-14-6-11-27-12-7-15-33(39(27)32)36(31)25-30/h1-25H. The summed E-state index contributed by atoms with van der Waals surface area (Å²) in [5, 5.41) is 4.67. The first kappa shape index (κ1) is 25.9. The van der Waals surface area contributed by atoms with Gasteiger partial charge < -0.3 is 4.42 Å². The van der Waals surface area contributed by atoms with Crippen molar-refractivity contribution < 1.29 is 4.42 Å². The molecule has 0 bridgehead atoms. The number of aromatic nitrogens is 3. The summed E-state index contributed by atoms with van der Waals surface area (Å²) in [5.41, 5.74) is 12.0. The largest absolute Gasteiger partial charge is 0.456 e. The van der Waals surface area contributed by atoms with Gasteiger partial charge in [-0.25, -0.2) is 15.0 Å². The van der Waals surface area contributed by atoms with Gasteiger partial charge in [-0.3, -0.25) is 0 Å². The molecule has 47 heavy (non-hydrogen) atoms. The zero-order valence-corrected chi connectivity index (χ0v) is 25.2. The van der Waals surface area contributed by atoms with Crippen molar-refractivity contribution in [3.8, 4) is 67.5 Å². The van der Waals surface area contributed by atoms with Crippen LogP contribution in [0.25, 0.3) is 100 Å². The fraction of sp³-hybridized carbons (Fsp3) is 0. The molecule has 0 N–H and O–H groups in total. The van der Waals surface area contributed by atoms with Crippen molar-refractivity contribution in [1.29, 1.82) is 0 Å². The number of nitrogens with zero attached hydrogens (tertiary/aromatic N) is 3. The molecule has 10 rings (SSSR count). The summed E-state index contributed by atoms with van der Waals surface area (Å²) in [7, 11) is 0. The number of fused-ring (bicyclic) bond motifs is 6. The molecule has 4 nitrogen and oxygen atoms in total. The van der Waals surface area contributed by atoms with Crippen molar-refractivity contribution in [1.82, 2.24) is 15.0 Å². The molecule has 7 aromatic carbocycles. The van der Waals surface area contributed by atoms with Gasteiger partial charge in [0.25, 0.3) is 0 Å². The van der Waals surface area contributed by atoms with Gasteiger partial charge >= 0.3 is 0 Å². The van der Waals surface area contributed by atoms with Gasteiger partial charge in [0.2, 0.25) is 0 Å². The number of furan rings is 1. The second kappa shape index (κ2) is 10.1. The van der Waals surface area contributed by atoms with Gasteiger partial charge in [0.05, 0.1) is 0 Å². The topological polar surface area (TPSA) is 51.8 Å². The van der Waals surface area contributed by atoms with E-state index < -0.39 is 0 Å². The molecular formula is C43H25N3O. The number of hydrogen-bond donors (Lipinski definition) is 0. The average molecular weight is 600 g/mol. The Kier molecular flexibility index (Phi) is 5.54. The number of para-hydroxylation sites is 1. The SMILES string of the molecule is c1ccc(-c2nc(-c3ccc(-c4ccc5c(c4)-c4cccc6cccc-5c46)cc3)nc(-c3cccc4oc5ccccc5c34)n2)cc1. The van der Waals surface area contributed by atoms with Crippen LogP contribution in [0.5, 0.6) is 0 Å². The normalized spacial score (nSPS) is 11.8. The lowest BCUT2D eigenvalue weighted by molar-refractivity contribution is 0.669. The maximum absolute atomic E-state index is 6.19. The Morgan fingerprint density at radius 1 is 0.340 bits per heavy atom. The first-order valence-corrected chi connectivity index (χ1v) is 15.8. The van der Waals surface area contributed by atoms with Crippen LogP contribution >= 0.6 is 0 Å². The van der Waals surface area contributed by atoms with Crippen molar-refractivity contribution in [2.75, 3.05) is 0 Å². The molecular weight excluding hydrogens is 574 g/mol. The first-order chi connectivity index (χ1) is 23.3. The molecule has 2 aromatic heterocycles. The molecule has 1 aliphatic rings. The van der Waals surface area contributed by atoms with Crippen LogP contribution in [0.2, 0.25) is 0 Å². The quantitative estimate of drug-likeness (QED) is 0.202. The summed E-state index contributed by atoms with van der Waals surface area (Å²) in [6.07, 6.45) is 0. The van der Waals surface area contributed by atoms with Crippen molar-refractivity contribution >= 4 is 32.7 Å². The molecule has 218 valence electrons. The minimum Gasteiger partial charge on any atom is -0.456 e. The molecule has 0 saturated carbocycles. The highest BCUT2D eigenvalue weighted by molar-refractivity contribution is 6.15. The van der Waals surface area contributed by atoms with Gasteiger partial charge in [-0.05, 0) is 62.4 Å². The number of benzene rings is 7. The summed E-state index contributed by atoms with van der Waals surface area (Å²) >= 11 is 0. The molecule has 0 aliphatic heterocycles. The van der Waals surface area contributed by atoms with Crippen LogP contribution in [0, 0.1) is 0 Å². The Bertz CT molecular complexity index is 2670. The highest BCUT2D eigenvalue weighted by Crippen LogP contribution is 2.48. The van der Waals surface area contributed by atoms with E-state index in [2.05, 4.69) is 91.0 Å². The molecule has 0 radical (unpaired) electrons. The summed E-state index contributed by atoms with van der Waals surface area (Å²) in [6, 6.07) is 52.8. The summed E-state index contributed by atoms with van der Waals surface area (Å²) in [5.74, 6) is 1.87. The van der Waals surface area contributed by atoms with E-state index in [0.29, 0.717) is 17.5 Å². The maximum atomic E-state index is 6.19. The zero-order valence-electron chi connectivity index (χ0n) is 25.2. The Labute approximate surface area is 270 Å². The van der Waals surface area contributed by atoms with Gasteiger partial charge in [-0.15, -0.1) is 0 Å². The lowest BCUT2D eigenvalue weighted by Crippen LogP contribution is -2.00. The molecule has 0 unspecified atom stereocenters. The summed E-state index contributed by atoms with van der Waals surface area (Å²) < 4.78 is 6.19. The van der Waals surface area contributed by atoms with Gasteiger partial charge in [0.1, 0.15) is 11.2 Å². The summed E-state index contributed by atoms with van der Waals surface area (Å²) in [4.78, 5) is 15.0. The first-order valence-electron chi connectivity index (χ1n) is 15.8. The van der Waals surface area contributed by atoms with Crippen molar-refractivity contribution in [3.63, 3.8) is 0 Å². The Morgan fingerprint density at radius 3 is 1.74 bits per heavy atom. The zero-order chi connectivity index (χ0) is 30.9. The Morgan fingerprint density at radius 2 is 0.936 bits per heavy atom. The number of rotatable bonds is 4. The van der Waals surface area contributed by atoms with E-state index in [9.17, 15) is 0 Å². The van der Waals surface area contributed by atoms with Gasteiger partial charge in [-0.2, -0.15) is 0 Å². The molecule has 2 heterocycles. The van der Waals surface area contributed by atoms with Gasteiger partial charge in [-0.1, -0.05) is 133 Å². The predicted molar refractivity (Wildman–Crippen MR) is 191 cm³/mol.